The highest BCUT2D eigenvalue weighted by molar-refractivity contribution is 7.16. The molecule has 27 heavy (non-hydrogen) atoms. The first-order chi connectivity index (χ1) is 12.9. The first-order valence-corrected chi connectivity index (χ1v) is 8.78. The summed E-state index contributed by atoms with van der Waals surface area (Å²) in [5.74, 6) is -1.16. The number of halogens is 1. The summed E-state index contributed by atoms with van der Waals surface area (Å²) < 4.78 is 6.72. The van der Waals surface area contributed by atoms with Gasteiger partial charge in [-0.3, -0.25) is 19.7 Å². The molecule has 1 heterocycles. The molecule has 8 nitrogen and oxygen atoms in total. The van der Waals surface area contributed by atoms with Crippen molar-refractivity contribution < 1.29 is 19.2 Å². The fraction of sp³-hybridized carbons (Fsp3) is 0.118. The molecule has 0 radical (unpaired) electrons. The van der Waals surface area contributed by atoms with Gasteiger partial charge in [-0.15, -0.1) is 0 Å². The number of thiazole rings is 1. The van der Waals surface area contributed by atoms with Crippen LogP contribution in [0.2, 0.25) is 5.02 Å². The van der Waals surface area contributed by atoms with Gasteiger partial charge in [-0.25, -0.2) is 0 Å². The topological polar surface area (TPSA) is 104 Å². The maximum absolute atomic E-state index is 12.5. The van der Waals surface area contributed by atoms with Crippen molar-refractivity contribution in [2.75, 3.05) is 7.11 Å². The number of non-ortho nitro benzene ring substituents is 1. The van der Waals surface area contributed by atoms with Crippen LogP contribution in [0.1, 0.15) is 10.4 Å². The number of esters is 1. The zero-order valence-corrected chi connectivity index (χ0v) is 15.5. The monoisotopic (exact) mass is 405 g/mol. The first-order valence-electron chi connectivity index (χ1n) is 7.59. The predicted molar refractivity (Wildman–Crippen MR) is 99.8 cm³/mol. The Bertz CT molecular complexity index is 1140. The Labute approximate surface area is 161 Å². The van der Waals surface area contributed by atoms with Gasteiger partial charge in [0, 0.05) is 12.1 Å². The number of nitro benzene ring substituents is 1. The highest BCUT2D eigenvalue weighted by Crippen LogP contribution is 2.23. The van der Waals surface area contributed by atoms with E-state index < -0.39 is 16.8 Å². The summed E-state index contributed by atoms with van der Waals surface area (Å²) in [5, 5.41) is 11.3. The van der Waals surface area contributed by atoms with Gasteiger partial charge < -0.3 is 9.30 Å². The average Bonchev–Trinajstić information content (AvgIpc) is 2.98. The van der Waals surface area contributed by atoms with Crippen LogP contribution in [0.25, 0.3) is 10.2 Å². The summed E-state index contributed by atoms with van der Waals surface area (Å²) in [6.45, 7) is -0.244. The Balaban J connectivity index is 2.20. The molecule has 0 aliphatic carbocycles. The smallest absolute Gasteiger partial charge is 0.325 e. The Kier molecular flexibility index (Phi) is 5.33. The van der Waals surface area contributed by atoms with E-state index in [-0.39, 0.29) is 27.6 Å². The SMILES string of the molecule is COC(=O)Cn1c(=NC(=O)c2ccccc2Cl)sc2ccc([N+](=O)[O-])cc21. The van der Waals surface area contributed by atoms with E-state index in [1.54, 1.807) is 24.3 Å². The Morgan fingerprint density at radius 3 is 2.70 bits per heavy atom. The molecule has 3 rings (SSSR count). The van der Waals surface area contributed by atoms with Crippen molar-refractivity contribution in [2.24, 2.45) is 4.99 Å². The number of rotatable bonds is 4. The molecule has 0 aliphatic rings. The molecule has 0 spiro atoms. The third kappa shape index (κ3) is 3.88. The second kappa shape index (κ2) is 7.68. The van der Waals surface area contributed by atoms with Gasteiger partial charge in [-0.05, 0) is 18.2 Å². The molecule has 10 heteroatoms. The molecule has 0 aliphatic heterocycles. The van der Waals surface area contributed by atoms with Gasteiger partial charge in [0.2, 0.25) is 0 Å². The normalized spacial score (nSPS) is 11.6. The van der Waals surface area contributed by atoms with Gasteiger partial charge in [-0.2, -0.15) is 4.99 Å². The molecule has 2 aromatic carbocycles. The number of aromatic nitrogens is 1. The number of nitro groups is 1. The van der Waals surface area contributed by atoms with Crippen LogP contribution in [0.5, 0.6) is 0 Å². The minimum Gasteiger partial charge on any atom is -0.468 e. The Hall–Kier alpha value is -3.04. The van der Waals surface area contributed by atoms with Crippen molar-refractivity contribution in [1.82, 2.24) is 4.57 Å². The van der Waals surface area contributed by atoms with E-state index >= 15 is 0 Å². The van der Waals surface area contributed by atoms with E-state index in [2.05, 4.69) is 9.73 Å². The molecule has 0 atom stereocenters. The number of ether oxygens (including phenoxy) is 1. The molecule has 0 unspecified atom stereocenters. The van der Waals surface area contributed by atoms with Crippen LogP contribution in [-0.2, 0) is 16.1 Å². The summed E-state index contributed by atoms with van der Waals surface area (Å²) in [6.07, 6.45) is 0. The highest BCUT2D eigenvalue weighted by Gasteiger charge is 2.16. The maximum atomic E-state index is 12.5. The number of hydrogen-bond donors (Lipinski definition) is 0. The van der Waals surface area contributed by atoms with Crippen LogP contribution < -0.4 is 4.80 Å². The van der Waals surface area contributed by atoms with Crippen LogP contribution in [0.15, 0.2) is 47.5 Å². The molecule has 1 amide bonds. The van der Waals surface area contributed by atoms with Crippen LogP contribution in [0.3, 0.4) is 0 Å². The molecule has 0 N–H and O–H groups in total. The van der Waals surface area contributed by atoms with E-state index in [1.165, 1.54) is 29.9 Å². The fourth-order valence-electron chi connectivity index (χ4n) is 2.38. The number of methoxy groups -OCH3 is 1. The van der Waals surface area contributed by atoms with Gasteiger partial charge in [0.1, 0.15) is 6.54 Å². The van der Waals surface area contributed by atoms with E-state index in [9.17, 15) is 19.7 Å². The van der Waals surface area contributed by atoms with Gasteiger partial charge >= 0.3 is 5.97 Å². The highest BCUT2D eigenvalue weighted by atomic mass is 35.5. The molecule has 0 bridgehead atoms. The first kappa shape index (κ1) is 18.7. The zero-order valence-electron chi connectivity index (χ0n) is 13.9. The van der Waals surface area contributed by atoms with Crippen LogP contribution in [-0.4, -0.2) is 28.5 Å². The zero-order chi connectivity index (χ0) is 19.6. The number of fused-ring (bicyclic) bond motifs is 1. The van der Waals surface area contributed by atoms with Gasteiger partial charge in [0.05, 0.1) is 32.8 Å². The lowest BCUT2D eigenvalue weighted by Crippen LogP contribution is -2.22. The van der Waals surface area contributed by atoms with E-state index in [0.29, 0.717) is 10.2 Å². The minimum absolute atomic E-state index is 0.136. The van der Waals surface area contributed by atoms with Crippen LogP contribution >= 0.6 is 22.9 Å². The Morgan fingerprint density at radius 2 is 2.04 bits per heavy atom. The molecular formula is C17H12ClN3O5S. The number of carbonyl (C=O) groups excluding carboxylic acids is 2. The van der Waals surface area contributed by atoms with Gasteiger partial charge in [0.15, 0.2) is 4.80 Å². The molecule has 3 aromatic rings. The lowest BCUT2D eigenvalue weighted by molar-refractivity contribution is -0.384. The molecule has 1 aromatic heterocycles. The summed E-state index contributed by atoms with van der Waals surface area (Å²) >= 11 is 7.16. The standard InChI is InChI=1S/C17H12ClN3O5S/c1-26-15(22)9-20-13-8-10(21(24)25)6-7-14(13)27-17(20)19-16(23)11-4-2-3-5-12(11)18/h2-8H,9H2,1H3. The lowest BCUT2D eigenvalue weighted by Gasteiger charge is -2.04. The van der Waals surface area contributed by atoms with Crippen molar-refractivity contribution >= 4 is 50.7 Å². The summed E-state index contributed by atoms with van der Waals surface area (Å²) in [5.41, 5.74) is 0.487. The van der Waals surface area contributed by atoms with E-state index in [1.807, 2.05) is 0 Å². The lowest BCUT2D eigenvalue weighted by atomic mass is 10.2. The summed E-state index contributed by atoms with van der Waals surface area (Å²) in [4.78, 5) is 39.1. The summed E-state index contributed by atoms with van der Waals surface area (Å²) in [6, 6.07) is 10.7. The van der Waals surface area contributed by atoms with Crippen LogP contribution in [0, 0.1) is 10.1 Å². The number of carbonyl (C=O) groups is 2. The number of hydrogen-bond acceptors (Lipinski definition) is 6. The van der Waals surface area contributed by atoms with Gasteiger partial charge in [-0.1, -0.05) is 35.1 Å². The molecule has 0 saturated heterocycles. The molecule has 138 valence electrons. The quantitative estimate of drug-likeness (QED) is 0.376. The van der Waals surface area contributed by atoms with E-state index in [4.69, 9.17) is 11.6 Å². The second-order valence-electron chi connectivity index (χ2n) is 5.35. The molecule has 0 fully saturated rings. The minimum atomic E-state index is -0.583. The average molecular weight is 406 g/mol. The largest absolute Gasteiger partial charge is 0.468 e. The van der Waals surface area contributed by atoms with Crippen molar-refractivity contribution in [3.05, 3.63) is 68.0 Å². The fourth-order valence-corrected chi connectivity index (χ4v) is 3.61. The summed E-state index contributed by atoms with van der Waals surface area (Å²) in [7, 11) is 1.23. The molecular weight excluding hydrogens is 394 g/mol. The van der Waals surface area contributed by atoms with Gasteiger partial charge in [0.25, 0.3) is 11.6 Å². The number of benzene rings is 2. The van der Waals surface area contributed by atoms with E-state index in [0.717, 1.165) is 11.3 Å². The number of amides is 1. The number of nitrogens with zero attached hydrogens (tertiary/aromatic N) is 3. The molecule has 0 saturated carbocycles. The predicted octanol–water partition coefficient (Wildman–Crippen LogP) is 3.18. The van der Waals surface area contributed by atoms with Crippen molar-refractivity contribution in [1.29, 1.82) is 0 Å². The third-order valence-corrected chi connectivity index (χ3v) is 5.08. The van der Waals surface area contributed by atoms with Crippen molar-refractivity contribution in [3.63, 3.8) is 0 Å². The third-order valence-electron chi connectivity index (χ3n) is 3.69. The maximum Gasteiger partial charge on any atom is 0.325 e. The van der Waals surface area contributed by atoms with Crippen molar-refractivity contribution in [3.8, 4) is 0 Å². The second-order valence-corrected chi connectivity index (χ2v) is 6.77. The van der Waals surface area contributed by atoms with Crippen molar-refractivity contribution in [2.45, 2.75) is 6.54 Å². The van der Waals surface area contributed by atoms with Crippen LogP contribution in [0.4, 0.5) is 5.69 Å². The Morgan fingerprint density at radius 1 is 1.30 bits per heavy atom.